The van der Waals surface area contributed by atoms with Gasteiger partial charge in [-0.05, 0) is 44.7 Å². The Bertz CT molecular complexity index is 977. The molecule has 6 nitrogen and oxygen atoms in total. The van der Waals surface area contributed by atoms with Gasteiger partial charge >= 0.3 is 0 Å². The van der Waals surface area contributed by atoms with E-state index >= 15 is 0 Å². The van der Waals surface area contributed by atoms with Crippen molar-refractivity contribution in [3.8, 4) is 0 Å². The smallest absolute Gasteiger partial charge is 0.293 e. The summed E-state index contributed by atoms with van der Waals surface area (Å²) in [6.07, 6.45) is 2.96. The van der Waals surface area contributed by atoms with Gasteiger partial charge in [0.25, 0.3) is 11.6 Å². The van der Waals surface area contributed by atoms with E-state index in [9.17, 15) is 14.9 Å². The molecule has 0 atom stereocenters. The highest BCUT2D eigenvalue weighted by atomic mass is 32.2. The van der Waals surface area contributed by atoms with Gasteiger partial charge in [0, 0.05) is 35.1 Å². The summed E-state index contributed by atoms with van der Waals surface area (Å²) in [5.41, 5.74) is 3.59. The van der Waals surface area contributed by atoms with Crippen molar-refractivity contribution in [1.29, 1.82) is 0 Å². The number of furan rings is 1. The maximum Gasteiger partial charge on any atom is 0.293 e. The summed E-state index contributed by atoms with van der Waals surface area (Å²) in [5, 5.41) is 14.2. The number of hydrogen-bond donors (Lipinski definition) is 1. The molecule has 4 rings (SSSR count). The van der Waals surface area contributed by atoms with Crippen LogP contribution in [0.25, 0.3) is 0 Å². The van der Waals surface area contributed by atoms with Crippen LogP contribution in [-0.2, 0) is 10.5 Å². The minimum Gasteiger partial charge on any atom is -0.455 e. The molecule has 2 aromatic rings. The molecule has 2 aliphatic rings. The van der Waals surface area contributed by atoms with E-state index in [1.165, 1.54) is 6.07 Å². The molecule has 148 valence electrons. The number of nitrogens with one attached hydrogen (secondary N) is 1. The van der Waals surface area contributed by atoms with Gasteiger partial charge in [-0.1, -0.05) is 6.07 Å². The Kier molecular flexibility index (Phi) is 4.95. The summed E-state index contributed by atoms with van der Waals surface area (Å²) in [5.74, 6) is 2.94. The van der Waals surface area contributed by atoms with Crippen LogP contribution in [0.2, 0.25) is 0 Å². The van der Waals surface area contributed by atoms with Gasteiger partial charge in [0.15, 0.2) is 5.76 Å². The highest BCUT2D eigenvalue weighted by molar-refractivity contribution is 8.20. The molecule has 1 aromatic heterocycles. The van der Waals surface area contributed by atoms with Crippen LogP contribution in [0.5, 0.6) is 0 Å². The summed E-state index contributed by atoms with van der Waals surface area (Å²) in [6, 6.07) is 3.30. The SMILES string of the molecule is Cc1cc(C)c(NC(=O)c2oc3c(c2C)C2(CCC3)SCCS2)c([N+](=O)[O-])c1. The zero-order valence-electron chi connectivity index (χ0n) is 16.1. The number of rotatable bonds is 3. The van der Waals surface area contributed by atoms with E-state index < -0.39 is 10.8 Å². The molecular weight excluding hydrogens is 396 g/mol. The van der Waals surface area contributed by atoms with Gasteiger partial charge in [0.1, 0.15) is 11.4 Å². The lowest BCUT2D eigenvalue weighted by Crippen LogP contribution is -2.21. The van der Waals surface area contributed by atoms with Crippen LogP contribution < -0.4 is 5.32 Å². The third-order valence-electron chi connectivity index (χ3n) is 5.36. The van der Waals surface area contributed by atoms with Crippen molar-refractivity contribution in [3.63, 3.8) is 0 Å². The Morgan fingerprint density at radius 1 is 1.25 bits per heavy atom. The van der Waals surface area contributed by atoms with Crippen molar-refractivity contribution in [2.24, 2.45) is 0 Å². The standard InChI is InChI=1S/C20H22N2O4S2/c1-11-9-12(2)17(14(10-11)22(24)25)21-19(23)18-13(3)16-15(26-18)5-4-6-20(16)27-7-8-28-20/h9-10H,4-8H2,1-3H3,(H,21,23). The van der Waals surface area contributed by atoms with Crippen LogP contribution in [0.3, 0.4) is 0 Å². The summed E-state index contributed by atoms with van der Waals surface area (Å²) < 4.78 is 6.00. The predicted octanol–water partition coefficient (Wildman–Crippen LogP) is 5.33. The topological polar surface area (TPSA) is 85.4 Å². The second kappa shape index (κ2) is 7.15. The molecule has 1 aromatic carbocycles. The zero-order chi connectivity index (χ0) is 20.1. The molecule has 0 saturated carbocycles. The Labute approximate surface area is 172 Å². The number of amides is 1. The number of anilines is 1. The first-order valence-corrected chi connectivity index (χ1v) is 11.3. The molecule has 1 saturated heterocycles. The molecule has 1 amide bonds. The monoisotopic (exact) mass is 418 g/mol. The second-order valence-corrected chi connectivity index (χ2v) is 10.4. The van der Waals surface area contributed by atoms with E-state index in [4.69, 9.17) is 4.42 Å². The molecule has 0 unspecified atom stereocenters. The van der Waals surface area contributed by atoms with Gasteiger partial charge in [-0.25, -0.2) is 0 Å². The van der Waals surface area contributed by atoms with Crippen molar-refractivity contribution in [2.45, 2.75) is 44.1 Å². The minimum atomic E-state index is -0.462. The molecule has 1 fully saturated rings. The third-order valence-corrected chi connectivity index (χ3v) is 8.90. The zero-order valence-corrected chi connectivity index (χ0v) is 17.7. The molecule has 28 heavy (non-hydrogen) atoms. The average Bonchev–Trinajstić information content (AvgIpc) is 3.23. The lowest BCUT2D eigenvalue weighted by molar-refractivity contribution is -0.384. The maximum absolute atomic E-state index is 13.0. The average molecular weight is 419 g/mol. The number of nitro benzene ring substituents is 1. The lowest BCUT2D eigenvalue weighted by Gasteiger charge is -2.31. The van der Waals surface area contributed by atoms with E-state index in [1.807, 2.05) is 36.5 Å². The fraction of sp³-hybridized carbons (Fsp3) is 0.450. The summed E-state index contributed by atoms with van der Waals surface area (Å²) in [7, 11) is 0. The van der Waals surface area contributed by atoms with Gasteiger partial charge in [-0.3, -0.25) is 14.9 Å². The molecular formula is C20H22N2O4S2. The van der Waals surface area contributed by atoms with Crippen molar-refractivity contribution >= 4 is 40.8 Å². The molecule has 0 bridgehead atoms. The van der Waals surface area contributed by atoms with Crippen LogP contribution in [0.1, 0.15) is 51.4 Å². The van der Waals surface area contributed by atoms with Gasteiger partial charge in [-0.2, -0.15) is 0 Å². The van der Waals surface area contributed by atoms with Crippen LogP contribution in [0.15, 0.2) is 16.5 Å². The van der Waals surface area contributed by atoms with Crippen LogP contribution in [0, 0.1) is 30.9 Å². The molecule has 1 N–H and O–H groups in total. The van der Waals surface area contributed by atoms with Crippen molar-refractivity contribution < 1.29 is 14.1 Å². The van der Waals surface area contributed by atoms with E-state index in [-0.39, 0.29) is 21.2 Å². The van der Waals surface area contributed by atoms with E-state index in [0.29, 0.717) is 5.56 Å². The predicted molar refractivity (Wildman–Crippen MR) is 114 cm³/mol. The fourth-order valence-electron chi connectivity index (χ4n) is 4.24. The number of carbonyl (C=O) groups excluding carboxylic acids is 1. The van der Waals surface area contributed by atoms with Crippen LogP contribution in [0.4, 0.5) is 11.4 Å². The van der Waals surface area contributed by atoms with E-state index in [0.717, 1.165) is 53.2 Å². The van der Waals surface area contributed by atoms with E-state index in [1.54, 1.807) is 13.8 Å². The van der Waals surface area contributed by atoms with E-state index in [2.05, 4.69) is 5.32 Å². The largest absolute Gasteiger partial charge is 0.455 e. The van der Waals surface area contributed by atoms with Gasteiger partial charge in [0.2, 0.25) is 0 Å². The molecule has 2 heterocycles. The number of nitro groups is 1. The first-order valence-electron chi connectivity index (χ1n) is 9.30. The number of thioether (sulfide) groups is 2. The van der Waals surface area contributed by atoms with Crippen molar-refractivity contribution in [3.05, 3.63) is 56.0 Å². The maximum atomic E-state index is 13.0. The quantitative estimate of drug-likeness (QED) is 0.535. The molecule has 8 heteroatoms. The van der Waals surface area contributed by atoms with Gasteiger partial charge in [0.05, 0.1) is 9.00 Å². The third kappa shape index (κ3) is 3.12. The molecule has 1 aliphatic heterocycles. The van der Waals surface area contributed by atoms with Gasteiger partial charge < -0.3 is 9.73 Å². The first-order chi connectivity index (χ1) is 13.3. The normalized spacial score (nSPS) is 17.5. The number of nitrogens with zero attached hydrogens (tertiary/aromatic N) is 1. The lowest BCUT2D eigenvalue weighted by atomic mass is 9.94. The molecule has 1 spiro atoms. The van der Waals surface area contributed by atoms with Crippen LogP contribution in [-0.4, -0.2) is 22.3 Å². The van der Waals surface area contributed by atoms with Crippen molar-refractivity contribution in [1.82, 2.24) is 0 Å². The highest BCUT2D eigenvalue weighted by Gasteiger charge is 2.45. The molecule has 0 radical (unpaired) electrons. The molecule has 1 aliphatic carbocycles. The Balaban J connectivity index is 1.72. The number of hydrogen-bond acceptors (Lipinski definition) is 6. The first kappa shape index (κ1) is 19.4. The van der Waals surface area contributed by atoms with Gasteiger partial charge in [-0.15, -0.1) is 23.5 Å². The second-order valence-electron chi connectivity index (χ2n) is 7.34. The number of fused-ring (bicyclic) bond motifs is 2. The highest BCUT2D eigenvalue weighted by Crippen LogP contribution is 2.59. The Hall–Kier alpha value is -1.93. The summed E-state index contributed by atoms with van der Waals surface area (Å²) in [4.78, 5) is 24.0. The summed E-state index contributed by atoms with van der Waals surface area (Å²) >= 11 is 3.89. The summed E-state index contributed by atoms with van der Waals surface area (Å²) in [6.45, 7) is 5.49. The minimum absolute atomic E-state index is 0.00846. The van der Waals surface area contributed by atoms with Crippen LogP contribution >= 0.6 is 23.5 Å². The number of carbonyl (C=O) groups is 1. The number of benzene rings is 1. The Morgan fingerprint density at radius 3 is 2.64 bits per heavy atom. The Morgan fingerprint density at radius 2 is 1.96 bits per heavy atom. The fourth-order valence-corrected chi connectivity index (χ4v) is 7.80. The van der Waals surface area contributed by atoms with Crippen molar-refractivity contribution in [2.75, 3.05) is 16.8 Å². The number of aryl methyl sites for hydroxylation is 3.